The molecule has 3 aliphatic rings. The van der Waals surface area contributed by atoms with E-state index in [0.717, 1.165) is 0 Å². The number of carbonyl (C=O) groups is 3. The van der Waals surface area contributed by atoms with Gasteiger partial charge in [0.05, 0.1) is 42.1 Å². The summed E-state index contributed by atoms with van der Waals surface area (Å²) in [7, 11) is 1.32. The van der Waals surface area contributed by atoms with Gasteiger partial charge in [-0.25, -0.2) is 0 Å². The van der Waals surface area contributed by atoms with E-state index in [1.54, 1.807) is 0 Å². The zero-order valence-electron chi connectivity index (χ0n) is 21.4. The number of rotatable bonds is 5. The largest absolute Gasteiger partial charge is 1.00 e. The summed E-state index contributed by atoms with van der Waals surface area (Å²) in [5.74, 6) is -3.84. The van der Waals surface area contributed by atoms with Gasteiger partial charge in [0.2, 0.25) is 5.78 Å². The number of phenolic OH excluding ortho intramolecular Hbond substituents is 2. The minimum absolute atomic E-state index is 0. The third-order valence-corrected chi connectivity index (χ3v) is 7.76. The Kier molecular flexibility index (Phi) is 8.31. The number of nitrogens with one attached hydrogen (secondary N) is 1. The summed E-state index contributed by atoms with van der Waals surface area (Å²) in [4.78, 5) is 39.7. The number of aliphatic hydroxyl groups excluding tert-OH is 2. The van der Waals surface area contributed by atoms with Crippen molar-refractivity contribution in [3.63, 3.8) is 0 Å². The first-order valence-electron chi connectivity index (χ1n) is 12.4. The molecule has 0 bridgehead atoms. The number of phenols is 2. The number of ether oxygens (including phenoxy) is 3. The summed E-state index contributed by atoms with van der Waals surface area (Å²) in [6, 6.07) is 3.37. The van der Waals surface area contributed by atoms with Gasteiger partial charge in [0.1, 0.15) is 29.5 Å². The summed E-state index contributed by atoms with van der Waals surface area (Å²) in [6.45, 7) is 0.510. The SMILES string of the molecule is COc1cccc2c1C(=O)c1c(O)c3c(c(O)c1C2=O)C[C@@](O)(C(=O)CO)C[C@@H]3OC1CC([NH-])C(O)C(C)O1.[Au+]. The number of fused-ring (bicyclic) bond motifs is 3. The number of ketones is 3. The van der Waals surface area contributed by atoms with Crippen molar-refractivity contribution in [2.75, 3.05) is 13.7 Å². The van der Waals surface area contributed by atoms with Gasteiger partial charge in [0.15, 0.2) is 17.9 Å². The Morgan fingerprint density at radius 2 is 1.82 bits per heavy atom. The van der Waals surface area contributed by atoms with Crippen LogP contribution in [0.3, 0.4) is 0 Å². The second kappa shape index (κ2) is 11.0. The van der Waals surface area contributed by atoms with Gasteiger partial charge in [-0.3, -0.25) is 14.4 Å². The number of aliphatic hydroxyl groups is 3. The normalized spacial score (nSPS) is 29.1. The van der Waals surface area contributed by atoms with E-state index in [1.165, 1.54) is 32.2 Å². The van der Waals surface area contributed by atoms with Crippen LogP contribution in [0, 0.1) is 0 Å². The van der Waals surface area contributed by atoms with Gasteiger partial charge >= 0.3 is 22.4 Å². The summed E-state index contributed by atoms with van der Waals surface area (Å²) >= 11 is 0. The maximum Gasteiger partial charge on any atom is 1.00 e. The van der Waals surface area contributed by atoms with Crippen molar-refractivity contribution in [1.82, 2.24) is 0 Å². The van der Waals surface area contributed by atoms with E-state index in [1.807, 2.05) is 0 Å². The zero-order chi connectivity index (χ0) is 28.4. The third kappa shape index (κ3) is 4.59. The Bertz CT molecular complexity index is 1380. The number of methoxy groups -OCH3 is 1. The fraction of sp³-hybridized carbons (Fsp3) is 0.444. The number of carbonyl (C=O) groups excluding carboxylic acids is 3. The van der Waals surface area contributed by atoms with Crippen LogP contribution in [0.2, 0.25) is 0 Å². The Morgan fingerprint density at radius 1 is 1.15 bits per heavy atom. The molecule has 1 saturated heterocycles. The zero-order valence-corrected chi connectivity index (χ0v) is 23.6. The molecule has 40 heavy (non-hydrogen) atoms. The van der Waals surface area contributed by atoms with Crippen molar-refractivity contribution in [2.24, 2.45) is 0 Å². The van der Waals surface area contributed by atoms with E-state index in [0.29, 0.717) is 0 Å². The molecule has 2 aromatic rings. The van der Waals surface area contributed by atoms with Crippen molar-refractivity contribution in [2.45, 2.75) is 62.4 Å². The second-order valence-corrected chi connectivity index (χ2v) is 10.1. The van der Waals surface area contributed by atoms with Gasteiger partial charge in [-0.2, -0.15) is 0 Å². The topological polar surface area (TPSA) is 204 Å². The average molecular weight is 739 g/mol. The first-order valence-corrected chi connectivity index (χ1v) is 12.4. The van der Waals surface area contributed by atoms with Crippen LogP contribution < -0.4 is 4.74 Å². The Balaban J connectivity index is 0.00000370. The molecule has 2 aromatic carbocycles. The van der Waals surface area contributed by atoms with Crippen molar-refractivity contribution < 1.29 is 76.5 Å². The van der Waals surface area contributed by atoms with Gasteiger partial charge in [-0.1, -0.05) is 12.1 Å². The van der Waals surface area contributed by atoms with Crippen LogP contribution in [-0.2, 0) is 43.1 Å². The fourth-order valence-corrected chi connectivity index (χ4v) is 5.71. The maximum absolute atomic E-state index is 13.6. The van der Waals surface area contributed by atoms with Crippen LogP contribution in [0.1, 0.15) is 68.8 Å². The van der Waals surface area contributed by atoms with Gasteiger partial charge in [0.25, 0.3) is 0 Å². The summed E-state index contributed by atoms with van der Waals surface area (Å²) < 4.78 is 16.9. The number of hydrogen-bond donors (Lipinski definition) is 5. The third-order valence-electron chi connectivity index (χ3n) is 7.76. The molecule has 218 valence electrons. The predicted octanol–water partition coefficient (Wildman–Crippen LogP) is 1.09. The van der Waals surface area contributed by atoms with Crippen LogP contribution in [0.5, 0.6) is 17.2 Å². The smallest absolute Gasteiger partial charge is 0.672 e. The van der Waals surface area contributed by atoms with Gasteiger partial charge in [0, 0.05) is 29.5 Å². The minimum Gasteiger partial charge on any atom is -0.672 e. The van der Waals surface area contributed by atoms with Gasteiger partial charge in [-0.15, -0.1) is 6.04 Å². The number of aromatic hydroxyl groups is 2. The van der Waals surface area contributed by atoms with Crippen LogP contribution in [0.15, 0.2) is 18.2 Å². The van der Waals surface area contributed by atoms with Gasteiger partial charge in [-0.05, 0) is 19.4 Å². The molecule has 2 aliphatic carbocycles. The molecule has 1 aliphatic heterocycles. The molecule has 0 radical (unpaired) electrons. The predicted molar refractivity (Wildman–Crippen MR) is 132 cm³/mol. The van der Waals surface area contributed by atoms with Gasteiger partial charge < -0.3 is 45.5 Å². The number of Topliss-reactive ketones (excluding diaryl/α,β-unsaturated/α-hetero) is 1. The van der Waals surface area contributed by atoms with E-state index in [-0.39, 0.29) is 56.8 Å². The molecule has 0 amide bonds. The quantitative estimate of drug-likeness (QED) is 0.185. The van der Waals surface area contributed by atoms with E-state index in [9.17, 15) is 39.9 Å². The number of benzene rings is 2. The second-order valence-electron chi connectivity index (χ2n) is 10.1. The number of hydrogen-bond acceptors (Lipinski definition) is 11. The first-order chi connectivity index (χ1) is 18.4. The monoisotopic (exact) mass is 739 g/mol. The van der Waals surface area contributed by atoms with E-state index >= 15 is 0 Å². The van der Waals surface area contributed by atoms with Crippen LogP contribution in [0.4, 0.5) is 0 Å². The molecule has 0 aromatic heterocycles. The molecule has 0 spiro atoms. The van der Waals surface area contributed by atoms with E-state index in [2.05, 4.69) is 0 Å². The standard InChI is InChI=1S/C27H28NO11.Au/c1-10-22(31)13(28)6-17(38-10)39-15-8-27(36,16(30)9-29)7-12-19(15)26(35)21-20(24(12)33)23(32)11-4-3-5-14(37-2)18(11)25(21)34;/h3-5,10,13,15,17,22,28-29,31,33,35-36H,6-9H2,1-2H3;/q-1;+1/t10?,13?,15-,17?,22?,27-;/m0./s1. The van der Waals surface area contributed by atoms with E-state index < -0.39 is 95.7 Å². The molecular weight excluding hydrogens is 711 g/mol. The molecule has 6 N–H and O–H groups in total. The Hall–Kier alpha value is -2.65. The van der Waals surface area contributed by atoms with Crippen LogP contribution >= 0.6 is 0 Å². The van der Waals surface area contributed by atoms with Crippen molar-refractivity contribution in [3.05, 3.63) is 57.3 Å². The Morgan fingerprint density at radius 3 is 2.45 bits per heavy atom. The molecule has 4 unspecified atom stereocenters. The molecule has 12 nitrogen and oxygen atoms in total. The van der Waals surface area contributed by atoms with E-state index in [4.69, 9.17) is 19.9 Å². The molecule has 1 heterocycles. The molecular formula is C27H28AuNO11. The summed E-state index contributed by atoms with van der Waals surface area (Å²) in [5, 5.41) is 53.6. The average Bonchev–Trinajstić information content (AvgIpc) is 2.90. The minimum atomic E-state index is -2.26. The molecule has 6 atom stereocenters. The van der Waals surface area contributed by atoms with Crippen LogP contribution in [-0.4, -0.2) is 86.7 Å². The van der Waals surface area contributed by atoms with Crippen molar-refractivity contribution in [3.8, 4) is 17.2 Å². The first kappa shape index (κ1) is 30.3. The molecule has 13 heteroatoms. The Labute approximate surface area is 244 Å². The maximum atomic E-state index is 13.6. The summed E-state index contributed by atoms with van der Waals surface area (Å²) in [5.41, 5.74) is 4.39. The molecule has 5 rings (SSSR count). The molecule has 0 saturated carbocycles. The fourth-order valence-electron chi connectivity index (χ4n) is 5.71. The molecule has 1 fully saturated rings. The summed E-state index contributed by atoms with van der Waals surface area (Å²) in [6.07, 6.45) is -5.53. The van der Waals surface area contributed by atoms with Crippen LogP contribution in [0.25, 0.3) is 5.73 Å². The van der Waals surface area contributed by atoms with Crippen molar-refractivity contribution in [1.29, 1.82) is 0 Å². The van der Waals surface area contributed by atoms with Crippen molar-refractivity contribution >= 4 is 17.3 Å².